The lowest BCUT2D eigenvalue weighted by molar-refractivity contribution is 0.328. The molecule has 1 unspecified atom stereocenters. The molecule has 1 fully saturated rings. The number of hydrogen-bond acceptors (Lipinski definition) is 2. The summed E-state index contributed by atoms with van der Waals surface area (Å²) in [5.41, 5.74) is 2.57. The summed E-state index contributed by atoms with van der Waals surface area (Å²) in [5, 5.41) is 8.13. The summed E-state index contributed by atoms with van der Waals surface area (Å²) in [7, 11) is 4.17. The van der Waals surface area contributed by atoms with Crippen molar-refractivity contribution in [1.82, 2.24) is 15.1 Å². The number of nitrogens with one attached hydrogen (secondary N) is 1. The minimum absolute atomic E-state index is 0.473. The zero-order valence-electron chi connectivity index (χ0n) is 12.1. The van der Waals surface area contributed by atoms with Crippen LogP contribution < -0.4 is 5.32 Å². The molecule has 1 heterocycles. The zero-order chi connectivity index (χ0) is 13.0. The Hall–Kier alpha value is -0.830. The van der Waals surface area contributed by atoms with Gasteiger partial charge in [-0.25, -0.2) is 0 Å². The molecule has 1 aliphatic carbocycles. The molecule has 0 bridgehead atoms. The van der Waals surface area contributed by atoms with E-state index in [0.29, 0.717) is 6.04 Å². The summed E-state index contributed by atoms with van der Waals surface area (Å²) in [6.07, 6.45) is 9.35. The Morgan fingerprint density at radius 3 is 2.50 bits per heavy atom. The molecule has 0 spiro atoms. The average Bonchev–Trinajstić information content (AvgIpc) is 2.59. The van der Waals surface area contributed by atoms with Crippen LogP contribution in [-0.4, -0.2) is 16.8 Å². The maximum absolute atomic E-state index is 4.59. The molecule has 2 rings (SSSR count). The first-order valence-corrected chi connectivity index (χ1v) is 7.46. The van der Waals surface area contributed by atoms with E-state index >= 15 is 0 Å². The molecular formula is C15H27N3. The Bertz CT molecular complexity index is 362. The third-order valence-electron chi connectivity index (χ3n) is 4.33. The number of nitrogens with zero attached hydrogens (tertiary/aromatic N) is 2. The van der Waals surface area contributed by atoms with Gasteiger partial charge in [0.2, 0.25) is 0 Å². The van der Waals surface area contributed by atoms with Crippen molar-refractivity contribution < 1.29 is 0 Å². The van der Waals surface area contributed by atoms with Gasteiger partial charge in [-0.2, -0.15) is 5.10 Å². The summed E-state index contributed by atoms with van der Waals surface area (Å²) in [6.45, 7) is 2.17. The molecule has 1 saturated carbocycles. The standard InChI is InChI=1S/C15H27N3/c1-4-13-11-14(18(3)17-13)15(16-2)12-9-7-5-6-8-10-12/h11-12,15-16H,4-10H2,1-3H3. The molecule has 1 aromatic rings. The largest absolute Gasteiger partial charge is 0.311 e. The molecule has 0 saturated heterocycles. The third-order valence-corrected chi connectivity index (χ3v) is 4.33. The molecule has 3 heteroatoms. The lowest BCUT2D eigenvalue weighted by Crippen LogP contribution is -2.27. The maximum Gasteiger partial charge on any atom is 0.0625 e. The summed E-state index contributed by atoms with van der Waals surface area (Å²) in [5.74, 6) is 0.776. The fourth-order valence-corrected chi connectivity index (χ4v) is 3.28. The van der Waals surface area contributed by atoms with Crippen LogP contribution >= 0.6 is 0 Å². The van der Waals surface area contributed by atoms with Crippen molar-refractivity contribution in [1.29, 1.82) is 0 Å². The van der Waals surface area contributed by atoms with Gasteiger partial charge in [0.1, 0.15) is 0 Å². The molecule has 1 aliphatic rings. The summed E-state index contributed by atoms with van der Waals surface area (Å²) < 4.78 is 2.07. The molecule has 1 N–H and O–H groups in total. The number of hydrogen-bond donors (Lipinski definition) is 1. The smallest absolute Gasteiger partial charge is 0.0625 e. The van der Waals surface area contributed by atoms with Gasteiger partial charge in [0.15, 0.2) is 0 Å². The monoisotopic (exact) mass is 249 g/mol. The van der Waals surface area contributed by atoms with Gasteiger partial charge in [-0.15, -0.1) is 0 Å². The summed E-state index contributed by atoms with van der Waals surface area (Å²) in [4.78, 5) is 0. The van der Waals surface area contributed by atoms with Crippen molar-refractivity contribution in [3.63, 3.8) is 0 Å². The Balaban J connectivity index is 2.17. The Labute approximate surface area is 111 Å². The van der Waals surface area contributed by atoms with E-state index in [1.807, 2.05) is 0 Å². The van der Waals surface area contributed by atoms with Gasteiger partial charge in [0.25, 0.3) is 0 Å². The van der Waals surface area contributed by atoms with E-state index in [4.69, 9.17) is 0 Å². The van der Waals surface area contributed by atoms with Gasteiger partial charge in [0, 0.05) is 7.05 Å². The van der Waals surface area contributed by atoms with Crippen molar-refractivity contribution >= 4 is 0 Å². The quantitative estimate of drug-likeness (QED) is 0.830. The predicted molar refractivity (Wildman–Crippen MR) is 75.6 cm³/mol. The van der Waals surface area contributed by atoms with E-state index < -0.39 is 0 Å². The topological polar surface area (TPSA) is 29.9 Å². The molecule has 1 atom stereocenters. The molecule has 0 radical (unpaired) electrons. The predicted octanol–water partition coefficient (Wildman–Crippen LogP) is 3.21. The van der Waals surface area contributed by atoms with Gasteiger partial charge in [-0.05, 0) is 38.3 Å². The van der Waals surface area contributed by atoms with Gasteiger partial charge < -0.3 is 5.32 Å². The molecular weight excluding hydrogens is 222 g/mol. The second kappa shape index (κ2) is 6.37. The number of aromatic nitrogens is 2. The van der Waals surface area contributed by atoms with E-state index in [-0.39, 0.29) is 0 Å². The van der Waals surface area contributed by atoms with Crippen LogP contribution in [0.5, 0.6) is 0 Å². The van der Waals surface area contributed by atoms with Gasteiger partial charge in [-0.3, -0.25) is 4.68 Å². The van der Waals surface area contributed by atoms with Gasteiger partial charge >= 0.3 is 0 Å². The van der Waals surface area contributed by atoms with Crippen LogP contribution in [0.15, 0.2) is 6.07 Å². The summed E-state index contributed by atoms with van der Waals surface area (Å²) in [6, 6.07) is 2.76. The molecule has 0 amide bonds. The van der Waals surface area contributed by atoms with E-state index in [1.54, 1.807) is 0 Å². The molecule has 1 aromatic heterocycles. The summed E-state index contributed by atoms with van der Waals surface area (Å²) >= 11 is 0. The molecule has 3 nitrogen and oxygen atoms in total. The number of rotatable bonds is 4. The Morgan fingerprint density at radius 2 is 2.00 bits per heavy atom. The lowest BCUT2D eigenvalue weighted by atomic mass is 9.89. The highest BCUT2D eigenvalue weighted by Gasteiger charge is 2.25. The fraction of sp³-hybridized carbons (Fsp3) is 0.800. The van der Waals surface area contributed by atoms with Crippen LogP contribution in [-0.2, 0) is 13.5 Å². The average molecular weight is 249 g/mol. The SMILES string of the molecule is CCc1cc(C(NC)C2CCCCCC2)n(C)n1. The molecule has 0 aromatic carbocycles. The van der Waals surface area contributed by atoms with Crippen molar-refractivity contribution in [2.24, 2.45) is 13.0 Å². The van der Waals surface area contributed by atoms with Crippen molar-refractivity contribution in [2.75, 3.05) is 7.05 Å². The van der Waals surface area contributed by atoms with E-state index in [2.05, 4.69) is 42.2 Å². The lowest BCUT2D eigenvalue weighted by Gasteiger charge is -2.25. The molecule has 0 aliphatic heterocycles. The first-order valence-electron chi connectivity index (χ1n) is 7.46. The van der Waals surface area contributed by atoms with E-state index in [9.17, 15) is 0 Å². The fourth-order valence-electron chi connectivity index (χ4n) is 3.28. The van der Waals surface area contributed by atoms with Crippen LogP contribution in [0, 0.1) is 5.92 Å². The Morgan fingerprint density at radius 1 is 1.33 bits per heavy atom. The minimum Gasteiger partial charge on any atom is -0.311 e. The van der Waals surface area contributed by atoms with Crippen LogP contribution in [0.1, 0.15) is 62.9 Å². The Kier molecular flexibility index (Phi) is 4.81. The second-order valence-electron chi connectivity index (χ2n) is 5.56. The second-order valence-corrected chi connectivity index (χ2v) is 5.56. The highest BCUT2D eigenvalue weighted by molar-refractivity contribution is 5.15. The van der Waals surface area contributed by atoms with Gasteiger partial charge in [0.05, 0.1) is 17.4 Å². The molecule has 102 valence electrons. The number of aryl methyl sites for hydroxylation is 2. The maximum atomic E-state index is 4.59. The molecule has 18 heavy (non-hydrogen) atoms. The highest BCUT2D eigenvalue weighted by Crippen LogP contribution is 2.33. The van der Waals surface area contributed by atoms with Crippen molar-refractivity contribution in [2.45, 2.75) is 57.9 Å². The third kappa shape index (κ3) is 2.94. The van der Waals surface area contributed by atoms with Crippen molar-refractivity contribution in [3.8, 4) is 0 Å². The van der Waals surface area contributed by atoms with Gasteiger partial charge in [-0.1, -0.05) is 32.6 Å². The van der Waals surface area contributed by atoms with Crippen LogP contribution in [0.3, 0.4) is 0 Å². The van der Waals surface area contributed by atoms with E-state index in [0.717, 1.165) is 12.3 Å². The van der Waals surface area contributed by atoms with Crippen LogP contribution in [0.4, 0.5) is 0 Å². The first-order chi connectivity index (χ1) is 8.76. The zero-order valence-corrected chi connectivity index (χ0v) is 12.1. The van der Waals surface area contributed by atoms with E-state index in [1.165, 1.54) is 49.9 Å². The first kappa shape index (κ1) is 13.6. The highest BCUT2D eigenvalue weighted by atomic mass is 15.3. The van der Waals surface area contributed by atoms with Crippen LogP contribution in [0.2, 0.25) is 0 Å². The normalized spacial score (nSPS) is 19.7. The minimum atomic E-state index is 0.473. The van der Waals surface area contributed by atoms with Crippen LogP contribution in [0.25, 0.3) is 0 Å². The van der Waals surface area contributed by atoms with Crippen molar-refractivity contribution in [3.05, 3.63) is 17.5 Å².